The van der Waals surface area contributed by atoms with Crippen LogP contribution in [0.3, 0.4) is 0 Å². The number of nitrogens with one attached hydrogen (secondary N) is 1. The van der Waals surface area contributed by atoms with Crippen LogP contribution in [0.2, 0.25) is 0 Å². The average Bonchev–Trinajstić information content (AvgIpc) is 2.40. The lowest BCUT2D eigenvalue weighted by Crippen LogP contribution is -2.20. The lowest BCUT2D eigenvalue weighted by molar-refractivity contribution is -0.118. The molecule has 19 heavy (non-hydrogen) atoms. The Morgan fingerprint density at radius 3 is 2.16 bits per heavy atom. The van der Waals surface area contributed by atoms with Gasteiger partial charge in [-0.15, -0.1) is 0 Å². The monoisotopic (exact) mass is 251 g/mol. The van der Waals surface area contributed by atoms with Crippen molar-refractivity contribution in [3.8, 4) is 0 Å². The third kappa shape index (κ3) is 4.43. The molecule has 0 atom stereocenters. The van der Waals surface area contributed by atoms with Crippen molar-refractivity contribution in [1.29, 1.82) is 0 Å². The Labute approximate surface area is 113 Å². The second-order valence-electron chi connectivity index (χ2n) is 4.42. The van der Waals surface area contributed by atoms with Crippen molar-refractivity contribution in [2.24, 2.45) is 0 Å². The molecule has 0 bridgehead atoms. The molecule has 0 heterocycles. The number of carbonyl (C=O) groups is 1. The maximum absolute atomic E-state index is 11.3. The minimum atomic E-state index is -0.0434. The Morgan fingerprint density at radius 2 is 1.58 bits per heavy atom. The second-order valence-corrected chi connectivity index (χ2v) is 4.42. The smallest absolute Gasteiger partial charge is 0.221 e. The van der Waals surface area contributed by atoms with E-state index in [2.05, 4.69) is 17.4 Å². The number of allylic oxidation sites excluding steroid dienone is 1. The Morgan fingerprint density at radius 1 is 1.00 bits per heavy atom. The summed E-state index contributed by atoms with van der Waals surface area (Å²) in [4.78, 5) is 11.3. The molecule has 2 aromatic carbocycles. The molecule has 2 nitrogen and oxygen atoms in total. The molecule has 0 aliphatic rings. The molecule has 96 valence electrons. The van der Waals surface area contributed by atoms with Gasteiger partial charge in [0.15, 0.2) is 0 Å². The van der Waals surface area contributed by atoms with Crippen molar-refractivity contribution in [2.45, 2.75) is 13.3 Å². The van der Waals surface area contributed by atoms with E-state index >= 15 is 0 Å². The third-order valence-corrected chi connectivity index (χ3v) is 2.71. The fraction of sp³-hybridized carbons (Fsp3) is 0.118. The normalized spacial score (nSPS) is 11.1. The highest BCUT2D eigenvalue weighted by Gasteiger charge is 2.02. The van der Waals surface area contributed by atoms with Gasteiger partial charge in [-0.25, -0.2) is 0 Å². The van der Waals surface area contributed by atoms with Crippen LogP contribution in [-0.4, -0.2) is 5.91 Å². The summed E-state index contributed by atoms with van der Waals surface area (Å²) in [6.07, 6.45) is 2.73. The lowest BCUT2D eigenvalue weighted by Gasteiger charge is -2.08. The van der Waals surface area contributed by atoms with Gasteiger partial charge < -0.3 is 5.32 Å². The number of hydrogen-bond acceptors (Lipinski definition) is 1. The van der Waals surface area contributed by atoms with E-state index in [1.807, 2.05) is 54.6 Å². The fourth-order valence-electron chi connectivity index (χ4n) is 1.92. The predicted molar refractivity (Wildman–Crippen MR) is 78.4 cm³/mol. The van der Waals surface area contributed by atoms with Crippen LogP contribution in [-0.2, 0) is 11.2 Å². The van der Waals surface area contributed by atoms with Crippen LogP contribution in [0.1, 0.15) is 18.1 Å². The molecule has 2 rings (SSSR count). The van der Waals surface area contributed by atoms with Crippen molar-refractivity contribution in [3.63, 3.8) is 0 Å². The van der Waals surface area contributed by atoms with Gasteiger partial charge in [-0.1, -0.05) is 60.7 Å². The summed E-state index contributed by atoms with van der Waals surface area (Å²) in [5.74, 6) is -0.0434. The van der Waals surface area contributed by atoms with Gasteiger partial charge in [-0.2, -0.15) is 0 Å². The van der Waals surface area contributed by atoms with E-state index in [9.17, 15) is 4.79 Å². The summed E-state index contributed by atoms with van der Waals surface area (Å²) in [6.45, 7) is 1.53. The van der Waals surface area contributed by atoms with Gasteiger partial charge in [0.05, 0.1) is 0 Å². The summed E-state index contributed by atoms with van der Waals surface area (Å²) < 4.78 is 0. The van der Waals surface area contributed by atoms with Crippen LogP contribution in [0.5, 0.6) is 0 Å². The summed E-state index contributed by atoms with van der Waals surface area (Å²) in [5, 5.41) is 2.90. The standard InChI is InChI=1S/C17H17NO/c1-14(19)18-17(12-15-8-4-2-5-9-15)13-16-10-6-3-7-11-16/h2-12H,13H2,1H3,(H,18,19)/b17-12-. The number of benzene rings is 2. The van der Waals surface area contributed by atoms with Crippen molar-refractivity contribution < 1.29 is 4.79 Å². The molecule has 0 spiro atoms. The van der Waals surface area contributed by atoms with Crippen LogP contribution < -0.4 is 5.32 Å². The van der Waals surface area contributed by atoms with E-state index in [1.165, 1.54) is 12.5 Å². The first-order valence-corrected chi connectivity index (χ1v) is 6.31. The zero-order chi connectivity index (χ0) is 13.5. The topological polar surface area (TPSA) is 29.1 Å². The van der Waals surface area contributed by atoms with Gasteiger partial charge >= 0.3 is 0 Å². The fourth-order valence-corrected chi connectivity index (χ4v) is 1.92. The van der Waals surface area contributed by atoms with Gasteiger partial charge in [0.1, 0.15) is 0 Å². The maximum Gasteiger partial charge on any atom is 0.221 e. The van der Waals surface area contributed by atoms with Crippen molar-refractivity contribution >= 4 is 12.0 Å². The lowest BCUT2D eigenvalue weighted by atomic mass is 10.1. The van der Waals surface area contributed by atoms with Crippen LogP contribution in [0.15, 0.2) is 66.4 Å². The molecule has 2 heteroatoms. The molecule has 0 aliphatic carbocycles. The van der Waals surface area contributed by atoms with Gasteiger partial charge in [-0.3, -0.25) is 4.79 Å². The Hall–Kier alpha value is -2.35. The number of carbonyl (C=O) groups excluding carboxylic acids is 1. The highest BCUT2D eigenvalue weighted by molar-refractivity contribution is 5.76. The molecule has 1 N–H and O–H groups in total. The minimum Gasteiger partial charge on any atom is -0.330 e. The van der Waals surface area contributed by atoms with Crippen molar-refractivity contribution in [3.05, 3.63) is 77.5 Å². The molecule has 0 aromatic heterocycles. The molecule has 2 aromatic rings. The summed E-state index contributed by atoms with van der Waals surface area (Å²) in [5.41, 5.74) is 3.17. The van der Waals surface area contributed by atoms with Gasteiger partial charge in [0.25, 0.3) is 0 Å². The van der Waals surface area contributed by atoms with Crippen LogP contribution >= 0.6 is 0 Å². The molecule has 0 saturated carbocycles. The predicted octanol–water partition coefficient (Wildman–Crippen LogP) is 3.41. The zero-order valence-corrected chi connectivity index (χ0v) is 11.0. The van der Waals surface area contributed by atoms with Crippen LogP contribution in [0.25, 0.3) is 6.08 Å². The maximum atomic E-state index is 11.3. The number of rotatable bonds is 4. The Bertz CT molecular complexity index is 558. The summed E-state index contributed by atoms with van der Waals surface area (Å²) >= 11 is 0. The van der Waals surface area contributed by atoms with Crippen LogP contribution in [0.4, 0.5) is 0 Å². The number of amides is 1. The molecule has 0 aliphatic heterocycles. The average molecular weight is 251 g/mol. The quantitative estimate of drug-likeness (QED) is 0.886. The first-order valence-electron chi connectivity index (χ1n) is 6.31. The summed E-state index contributed by atoms with van der Waals surface area (Å²) in [6, 6.07) is 20.1. The third-order valence-electron chi connectivity index (χ3n) is 2.71. The second kappa shape index (κ2) is 6.55. The summed E-state index contributed by atoms with van der Waals surface area (Å²) in [7, 11) is 0. The van der Waals surface area contributed by atoms with Crippen molar-refractivity contribution in [2.75, 3.05) is 0 Å². The Balaban J connectivity index is 2.21. The molecular weight excluding hydrogens is 234 g/mol. The minimum absolute atomic E-state index is 0.0434. The van der Waals surface area contributed by atoms with E-state index in [0.29, 0.717) is 0 Å². The SMILES string of the molecule is CC(=O)N/C(=C\c1ccccc1)Cc1ccccc1. The first-order chi connectivity index (χ1) is 9.24. The highest BCUT2D eigenvalue weighted by atomic mass is 16.1. The van der Waals surface area contributed by atoms with Gasteiger partial charge in [-0.05, 0) is 17.2 Å². The van der Waals surface area contributed by atoms with Crippen LogP contribution in [0, 0.1) is 0 Å². The van der Waals surface area contributed by atoms with Gasteiger partial charge in [0.2, 0.25) is 5.91 Å². The molecule has 0 radical (unpaired) electrons. The molecular formula is C17H17NO. The van der Waals surface area contributed by atoms with E-state index in [4.69, 9.17) is 0 Å². The molecule has 1 amide bonds. The first kappa shape index (κ1) is 13.1. The molecule has 0 fully saturated rings. The number of hydrogen-bond donors (Lipinski definition) is 1. The van der Waals surface area contributed by atoms with E-state index in [1.54, 1.807) is 0 Å². The highest BCUT2D eigenvalue weighted by Crippen LogP contribution is 2.10. The Kier molecular flexibility index (Phi) is 4.51. The molecule has 0 saturated heterocycles. The van der Waals surface area contributed by atoms with E-state index < -0.39 is 0 Å². The largest absolute Gasteiger partial charge is 0.330 e. The van der Waals surface area contributed by atoms with Crippen molar-refractivity contribution in [1.82, 2.24) is 5.32 Å². The van der Waals surface area contributed by atoms with Gasteiger partial charge in [0, 0.05) is 19.0 Å². The molecule has 0 unspecified atom stereocenters. The zero-order valence-electron chi connectivity index (χ0n) is 11.0. The van der Waals surface area contributed by atoms with E-state index in [-0.39, 0.29) is 5.91 Å². The van der Waals surface area contributed by atoms with E-state index in [0.717, 1.165) is 17.7 Å².